The van der Waals surface area contributed by atoms with Crippen LogP contribution in [0.3, 0.4) is 0 Å². The van der Waals surface area contributed by atoms with Crippen LogP contribution in [0.4, 0.5) is 4.39 Å². The molecule has 0 saturated carbocycles. The zero-order chi connectivity index (χ0) is 11.3. The maximum absolute atomic E-state index is 12.9. The van der Waals surface area contributed by atoms with Gasteiger partial charge in [-0.3, -0.25) is 4.79 Å². The van der Waals surface area contributed by atoms with Gasteiger partial charge in [0, 0.05) is 12.6 Å². The molecule has 3 nitrogen and oxygen atoms in total. The number of nitrogens with one attached hydrogen (secondary N) is 1. The van der Waals surface area contributed by atoms with E-state index in [1.807, 2.05) is 13.0 Å². The van der Waals surface area contributed by atoms with Crippen LogP contribution in [0.5, 0.6) is 0 Å². The van der Waals surface area contributed by atoms with Crippen molar-refractivity contribution < 1.29 is 14.3 Å². The van der Waals surface area contributed by atoms with Gasteiger partial charge in [0.1, 0.15) is 5.82 Å². The lowest BCUT2D eigenvalue weighted by molar-refractivity contribution is -0.136. The van der Waals surface area contributed by atoms with Crippen molar-refractivity contribution in [2.24, 2.45) is 0 Å². The van der Waals surface area contributed by atoms with Crippen molar-refractivity contribution in [2.75, 3.05) is 6.54 Å². The summed E-state index contributed by atoms with van der Waals surface area (Å²) in [6, 6.07) is 6.23. The molecule has 0 amide bonds. The highest BCUT2D eigenvalue weighted by molar-refractivity contribution is 5.66. The van der Waals surface area contributed by atoms with Crippen LogP contribution in [0.25, 0.3) is 0 Å². The molecule has 15 heavy (non-hydrogen) atoms. The molecule has 1 unspecified atom stereocenters. The molecule has 0 bridgehead atoms. The Kier molecular flexibility index (Phi) is 4.24. The molecule has 1 aromatic rings. The van der Waals surface area contributed by atoms with Crippen molar-refractivity contribution in [1.82, 2.24) is 5.32 Å². The van der Waals surface area contributed by atoms with Crippen molar-refractivity contribution in [3.63, 3.8) is 0 Å². The van der Waals surface area contributed by atoms with E-state index in [1.54, 1.807) is 6.07 Å². The first-order valence-electron chi connectivity index (χ1n) is 4.80. The van der Waals surface area contributed by atoms with E-state index in [0.29, 0.717) is 6.54 Å². The summed E-state index contributed by atoms with van der Waals surface area (Å²) in [6.07, 6.45) is 0.0691. The molecule has 82 valence electrons. The minimum atomic E-state index is -0.839. The zero-order valence-electron chi connectivity index (χ0n) is 8.53. The summed E-state index contributed by atoms with van der Waals surface area (Å²) in [7, 11) is 0. The highest BCUT2D eigenvalue weighted by Crippen LogP contribution is 2.12. The van der Waals surface area contributed by atoms with Gasteiger partial charge in [-0.25, -0.2) is 4.39 Å². The van der Waals surface area contributed by atoms with Crippen molar-refractivity contribution in [2.45, 2.75) is 19.4 Å². The number of aliphatic carboxylic acids is 1. The number of carboxylic acid groups (broad SMARTS) is 1. The molecule has 1 aromatic carbocycles. The molecule has 0 aliphatic heterocycles. The molecular weight excluding hydrogens is 197 g/mol. The maximum Gasteiger partial charge on any atom is 0.304 e. The Morgan fingerprint density at radius 1 is 1.60 bits per heavy atom. The second-order valence-corrected chi connectivity index (χ2v) is 3.37. The van der Waals surface area contributed by atoms with Crippen LogP contribution in [0.15, 0.2) is 24.3 Å². The molecule has 0 fully saturated rings. The summed E-state index contributed by atoms with van der Waals surface area (Å²) >= 11 is 0. The molecule has 0 aromatic heterocycles. The average Bonchev–Trinajstić information content (AvgIpc) is 2.17. The number of hydrogen-bond donors (Lipinski definition) is 2. The molecule has 1 rings (SSSR count). The van der Waals surface area contributed by atoms with Gasteiger partial charge in [0.25, 0.3) is 0 Å². The molecule has 4 heteroatoms. The predicted molar refractivity (Wildman–Crippen MR) is 55.1 cm³/mol. The Bertz CT molecular complexity index is 341. The molecule has 0 radical (unpaired) electrons. The van der Waals surface area contributed by atoms with Crippen LogP contribution in [0.2, 0.25) is 0 Å². The lowest BCUT2D eigenvalue weighted by atomic mass is 10.1. The Labute approximate surface area is 87.9 Å². The van der Waals surface area contributed by atoms with Crippen molar-refractivity contribution in [3.8, 4) is 0 Å². The van der Waals surface area contributed by atoms with E-state index in [9.17, 15) is 9.18 Å². The summed E-state index contributed by atoms with van der Waals surface area (Å²) in [5.74, 6) is -1.12. The maximum atomic E-state index is 12.9. The largest absolute Gasteiger partial charge is 0.481 e. The number of carbonyl (C=O) groups is 1. The first kappa shape index (κ1) is 11.7. The van der Waals surface area contributed by atoms with Gasteiger partial charge in [0.2, 0.25) is 0 Å². The van der Waals surface area contributed by atoms with Crippen LogP contribution < -0.4 is 5.32 Å². The van der Waals surface area contributed by atoms with Gasteiger partial charge >= 0.3 is 5.97 Å². The van der Waals surface area contributed by atoms with Crippen molar-refractivity contribution >= 4 is 5.97 Å². The van der Waals surface area contributed by atoms with Gasteiger partial charge in [0.15, 0.2) is 0 Å². The smallest absolute Gasteiger partial charge is 0.304 e. The monoisotopic (exact) mass is 211 g/mol. The van der Waals surface area contributed by atoms with Gasteiger partial charge in [0.05, 0.1) is 6.42 Å². The molecule has 1 atom stereocenters. The third-order valence-corrected chi connectivity index (χ3v) is 2.14. The van der Waals surface area contributed by atoms with E-state index in [4.69, 9.17) is 5.11 Å². The van der Waals surface area contributed by atoms with Crippen molar-refractivity contribution in [1.29, 1.82) is 0 Å². The summed E-state index contributed by atoms with van der Waals surface area (Å²) in [4.78, 5) is 10.3. The highest BCUT2D eigenvalue weighted by atomic mass is 19.1. The number of halogens is 1. The third kappa shape index (κ3) is 4.08. The standard InChI is InChI=1S/C11H14FNO2/c1-8(13-6-5-11(14)15)9-3-2-4-10(12)7-9/h2-4,7-8,13H,5-6H2,1H3,(H,14,15). The van der Waals surface area contributed by atoms with Crippen LogP contribution in [0, 0.1) is 5.82 Å². The Hall–Kier alpha value is -1.42. The van der Waals surface area contributed by atoms with E-state index < -0.39 is 5.97 Å². The van der Waals surface area contributed by atoms with Crippen LogP contribution in [-0.4, -0.2) is 17.6 Å². The van der Waals surface area contributed by atoms with Gasteiger partial charge in [-0.1, -0.05) is 12.1 Å². The first-order chi connectivity index (χ1) is 7.09. The molecule has 0 spiro atoms. The molecule has 2 N–H and O–H groups in total. The van der Waals surface area contributed by atoms with E-state index in [-0.39, 0.29) is 18.3 Å². The Morgan fingerprint density at radius 2 is 2.33 bits per heavy atom. The van der Waals surface area contributed by atoms with Gasteiger partial charge in [-0.2, -0.15) is 0 Å². The average molecular weight is 211 g/mol. The fourth-order valence-electron chi connectivity index (χ4n) is 1.29. The molecule has 0 aliphatic rings. The molecule has 0 saturated heterocycles. The second-order valence-electron chi connectivity index (χ2n) is 3.37. The highest BCUT2D eigenvalue weighted by Gasteiger charge is 2.05. The number of hydrogen-bond acceptors (Lipinski definition) is 2. The van der Waals surface area contributed by atoms with Crippen molar-refractivity contribution in [3.05, 3.63) is 35.6 Å². The Morgan fingerprint density at radius 3 is 2.93 bits per heavy atom. The topological polar surface area (TPSA) is 49.3 Å². The summed E-state index contributed by atoms with van der Waals surface area (Å²) in [5, 5.41) is 11.5. The SMILES string of the molecule is CC(NCCC(=O)O)c1cccc(F)c1. The number of rotatable bonds is 5. The number of carboxylic acids is 1. The summed E-state index contributed by atoms with van der Waals surface area (Å²) < 4.78 is 12.9. The van der Waals surface area contributed by atoms with E-state index in [0.717, 1.165) is 5.56 Å². The summed E-state index contributed by atoms with van der Waals surface area (Å²) in [5.41, 5.74) is 0.820. The fraction of sp³-hybridized carbons (Fsp3) is 0.364. The van der Waals surface area contributed by atoms with Gasteiger partial charge in [-0.05, 0) is 24.6 Å². The zero-order valence-corrected chi connectivity index (χ0v) is 8.53. The van der Waals surface area contributed by atoms with Gasteiger partial charge < -0.3 is 10.4 Å². The predicted octanol–water partition coefficient (Wildman–Crippen LogP) is 1.95. The lowest BCUT2D eigenvalue weighted by Crippen LogP contribution is -2.21. The first-order valence-corrected chi connectivity index (χ1v) is 4.80. The van der Waals surface area contributed by atoms with Crippen LogP contribution in [0.1, 0.15) is 24.9 Å². The minimum absolute atomic E-state index is 0.0416. The molecular formula is C11H14FNO2. The minimum Gasteiger partial charge on any atom is -0.481 e. The van der Waals surface area contributed by atoms with E-state index >= 15 is 0 Å². The second kappa shape index (κ2) is 5.46. The fourth-order valence-corrected chi connectivity index (χ4v) is 1.29. The summed E-state index contributed by atoms with van der Waals surface area (Å²) in [6.45, 7) is 2.25. The van der Waals surface area contributed by atoms with E-state index in [1.165, 1.54) is 12.1 Å². The third-order valence-electron chi connectivity index (χ3n) is 2.14. The molecule has 0 aliphatic carbocycles. The van der Waals surface area contributed by atoms with E-state index in [2.05, 4.69) is 5.32 Å². The Balaban J connectivity index is 2.46. The van der Waals surface area contributed by atoms with Crippen LogP contribution >= 0.6 is 0 Å². The number of benzene rings is 1. The quantitative estimate of drug-likeness (QED) is 0.782. The van der Waals surface area contributed by atoms with Gasteiger partial charge in [-0.15, -0.1) is 0 Å². The van der Waals surface area contributed by atoms with Crippen LogP contribution in [-0.2, 0) is 4.79 Å². The normalized spacial score (nSPS) is 12.4. The lowest BCUT2D eigenvalue weighted by Gasteiger charge is -2.13. The molecule has 0 heterocycles.